The summed E-state index contributed by atoms with van der Waals surface area (Å²) in [5.41, 5.74) is 1.16. The summed E-state index contributed by atoms with van der Waals surface area (Å²) >= 11 is 3.34. The number of hydrogen-bond acceptors (Lipinski definition) is 3. The third-order valence-corrected chi connectivity index (χ3v) is 2.31. The molecule has 76 valence electrons. The van der Waals surface area contributed by atoms with Gasteiger partial charge in [0.1, 0.15) is 5.75 Å². The van der Waals surface area contributed by atoms with E-state index in [0.717, 1.165) is 10.9 Å². The highest BCUT2D eigenvalue weighted by Gasteiger charge is 2.00. The number of alkyl halides is 1. The molecule has 0 aliphatic carbocycles. The molecule has 14 heavy (non-hydrogen) atoms. The molecule has 0 N–H and O–H groups in total. The standard InChI is InChI=1S/C10H11BrO3/c1-13-10(12)7-14-9-4-2-8(6-11)3-5-9/h2-5H,6-7H2,1H3. The Morgan fingerprint density at radius 2 is 2.00 bits per heavy atom. The van der Waals surface area contributed by atoms with Crippen LogP contribution in [0.15, 0.2) is 24.3 Å². The average molecular weight is 259 g/mol. The van der Waals surface area contributed by atoms with Crippen molar-refractivity contribution in [3.8, 4) is 5.75 Å². The first kappa shape index (κ1) is 11.0. The molecule has 0 spiro atoms. The maximum absolute atomic E-state index is 10.8. The van der Waals surface area contributed by atoms with Crippen LogP contribution in [0.25, 0.3) is 0 Å². The van der Waals surface area contributed by atoms with Crippen molar-refractivity contribution in [1.29, 1.82) is 0 Å². The molecule has 0 saturated carbocycles. The highest BCUT2D eigenvalue weighted by Crippen LogP contribution is 2.13. The van der Waals surface area contributed by atoms with Crippen LogP contribution in [-0.2, 0) is 14.9 Å². The molecule has 1 rings (SSSR count). The zero-order valence-corrected chi connectivity index (χ0v) is 9.41. The third kappa shape index (κ3) is 3.38. The van der Waals surface area contributed by atoms with Gasteiger partial charge in [0.2, 0.25) is 0 Å². The Hall–Kier alpha value is -1.03. The van der Waals surface area contributed by atoms with Crippen molar-refractivity contribution in [2.75, 3.05) is 13.7 Å². The van der Waals surface area contributed by atoms with Gasteiger partial charge in [-0.2, -0.15) is 0 Å². The molecular weight excluding hydrogens is 248 g/mol. The largest absolute Gasteiger partial charge is 0.482 e. The first-order valence-corrected chi connectivity index (χ1v) is 5.23. The predicted octanol–water partition coefficient (Wildman–Crippen LogP) is 2.13. The molecule has 0 fully saturated rings. The van der Waals surface area contributed by atoms with E-state index in [4.69, 9.17) is 4.74 Å². The van der Waals surface area contributed by atoms with Crippen LogP contribution in [0.5, 0.6) is 5.75 Å². The summed E-state index contributed by atoms with van der Waals surface area (Å²) in [6.07, 6.45) is 0. The number of carbonyl (C=O) groups excluding carboxylic acids is 1. The highest BCUT2D eigenvalue weighted by atomic mass is 79.9. The van der Waals surface area contributed by atoms with Gasteiger partial charge in [-0.3, -0.25) is 0 Å². The number of carbonyl (C=O) groups is 1. The maximum atomic E-state index is 10.8. The van der Waals surface area contributed by atoms with E-state index in [2.05, 4.69) is 20.7 Å². The van der Waals surface area contributed by atoms with E-state index in [1.54, 1.807) is 0 Å². The predicted molar refractivity (Wildman–Crippen MR) is 56.6 cm³/mol. The van der Waals surface area contributed by atoms with Crippen molar-refractivity contribution in [1.82, 2.24) is 0 Å². The monoisotopic (exact) mass is 258 g/mol. The fourth-order valence-electron chi connectivity index (χ4n) is 0.876. The molecule has 0 radical (unpaired) electrons. The average Bonchev–Trinajstić information content (AvgIpc) is 2.26. The number of benzene rings is 1. The van der Waals surface area contributed by atoms with Crippen LogP contribution in [-0.4, -0.2) is 19.7 Å². The Bertz CT molecular complexity index is 295. The normalized spacial score (nSPS) is 9.57. The summed E-state index contributed by atoms with van der Waals surface area (Å²) in [7, 11) is 1.33. The summed E-state index contributed by atoms with van der Waals surface area (Å²) in [4.78, 5) is 10.8. The fraction of sp³-hybridized carbons (Fsp3) is 0.300. The summed E-state index contributed by atoms with van der Waals surface area (Å²) in [5.74, 6) is 0.287. The first-order chi connectivity index (χ1) is 6.76. The van der Waals surface area contributed by atoms with E-state index in [0.29, 0.717) is 5.75 Å². The first-order valence-electron chi connectivity index (χ1n) is 4.11. The van der Waals surface area contributed by atoms with Crippen molar-refractivity contribution >= 4 is 21.9 Å². The third-order valence-electron chi connectivity index (χ3n) is 1.66. The number of hydrogen-bond donors (Lipinski definition) is 0. The van der Waals surface area contributed by atoms with Crippen molar-refractivity contribution in [3.63, 3.8) is 0 Å². The minimum Gasteiger partial charge on any atom is -0.482 e. The van der Waals surface area contributed by atoms with Crippen LogP contribution in [0.2, 0.25) is 0 Å². The topological polar surface area (TPSA) is 35.5 Å². The minimum absolute atomic E-state index is 0.0514. The van der Waals surface area contributed by atoms with Crippen LogP contribution in [0, 0.1) is 0 Å². The van der Waals surface area contributed by atoms with Gasteiger partial charge in [0.15, 0.2) is 6.61 Å². The molecule has 0 aliphatic heterocycles. The Morgan fingerprint density at radius 1 is 1.36 bits per heavy atom. The van der Waals surface area contributed by atoms with Crippen molar-refractivity contribution in [2.45, 2.75) is 5.33 Å². The Labute approximate surface area is 91.1 Å². The van der Waals surface area contributed by atoms with Crippen molar-refractivity contribution in [3.05, 3.63) is 29.8 Å². The maximum Gasteiger partial charge on any atom is 0.343 e. The van der Waals surface area contributed by atoms with E-state index in [-0.39, 0.29) is 12.6 Å². The number of ether oxygens (including phenoxy) is 2. The molecule has 0 amide bonds. The van der Waals surface area contributed by atoms with Gasteiger partial charge >= 0.3 is 5.97 Å². The van der Waals surface area contributed by atoms with E-state index >= 15 is 0 Å². The van der Waals surface area contributed by atoms with Gasteiger partial charge in [0.05, 0.1) is 7.11 Å². The highest BCUT2D eigenvalue weighted by molar-refractivity contribution is 9.08. The van der Waals surface area contributed by atoms with Crippen LogP contribution >= 0.6 is 15.9 Å². The lowest BCUT2D eigenvalue weighted by Crippen LogP contribution is -2.12. The van der Waals surface area contributed by atoms with Crippen LogP contribution in [0.3, 0.4) is 0 Å². The van der Waals surface area contributed by atoms with Crippen molar-refractivity contribution in [2.24, 2.45) is 0 Å². The van der Waals surface area contributed by atoms with Gasteiger partial charge in [-0.05, 0) is 17.7 Å². The molecule has 1 aromatic carbocycles. The zero-order chi connectivity index (χ0) is 10.4. The van der Waals surface area contributed by atoms with Crippen LogP contribution < -0.4 is 4.74 Å². The molecule has 0 unspecified atom stereocenters. The van der Waals surface area contributed by atoms with Gasteiger partial charge < -0.3 is 9.47 Å². The van der Waals surface area contributed by atoms with Gasteiger partial charge in [-0.15, -0.1) is 0 Å². The molecule has 4 heteroatoms. The second-order valence-corrected chi connectivity index (χ2v) is 3.20. The number of halogens is 1. The van der Waals surface area contributed by atoms with E-state index in [1.807, 2.05) is 24.3 Å². The summed E-state index contributed by atoms with van der Waals surface area (Å²) in [5, 5.41) is 0.810. The Kier molecular flexibility index (Phi) is 4.46. The molecular formula is C10H11BrO3. The zero-order valence-electron chi connectivity index (χ0n) is 7.83. The molecule has 0 atom stereocenters. The summed E-state index contributed by atoms with van der Waals surface area (Å²) < 4.78 is 9.61. The van der Waals surface area contributed by atoms with Gasteiger partial charge in [-0.1, -0.05) is 28.1 Å². The number of methoxy groups -OCH3 is 1. The van der Waals surface area contributed by atoms with Crippen LogP contribution in [0.4, 0.5) is 0 Å². The van der Waals surface area contributed by atoms with Gasteiger partial charge in [-0.25, -0.2) is 4.79 Å². The van der Waals surface area contributed by atoms with Gasteiger partial charge in [0, 0.05) is 5.33 Å². The van der Waals surface area contributed by atoms with E-state index < -0.39 is 0 Å². The number of rotatable bonds is 4. The molecule has 1 aromatic rings. The Morgan fingerprint density at radius 3 is 2.50 bits per heavy atom. The number of esters is 1. The molecule has 3 nitrogen and oxygen atoms in total. The lowest BCUT2D eigenvalue weighted by molar-refractivity contribution is -0.142. The second kappa shape index (κ2) is 5.65. The molecule has 0 bridgehead atoms. The van der Waals surface area contributed by atoms with E-state index in [9.17, 15) is 4.79 Å². The second-order valence-electron chi connectivity index (χ2n) is 2.64. The summed E-state index contributed by atoms with van der Waals surface area (Å²) in [6, 6.07) is 7.50. The summed E-state index contributed by atoms with van der Waals surface area (Å²) in [6.45, 7) is -0.0514. The Balaban J connectivity index is 2.47. The van der Waals surface area contributed by atoms with Crippen LogP contribution in [0.1, 0.15) is 5.56 Å². The lowest BCUT2D eigenvalue weighted by atomic mass is 10.2. The fourth-order valence-corrected chi connectivity index (χ4v) is 1.25. The lowest BCUT2D eigenvalue weighted by Gasteiger charge is -2.04. The van der Waals surface area contributed by atoms with E-state index in [1.165, 1.54) is 7.11 Å². The molecule has 0 saturated heterocycles. The van der Waals surface area contributed by atoms with Crippen molar-refractivity contribution < 1.29 is 14.3 Å². The molecule has 0 heterocycles. The minimum atomic E-state index is -0.380. The smallest absolute Gasteiger partial charge is 0.343 e. The molecule has 0 aromatic heterocycles. The molecule has 0 aliphatic rings. The van der Waals surface area contributed by atoms with Gasteiger partial charge in [0.25, 0.3) is 0 Å². The SMILES string of the molecule is COC(=O)COc1ccc(CBr)cc1. The quantitative estimate of drug-likeness (QED) is 0.613.